The minimum absolute atomic E-state index is 0.0218. The number of hydrogen-bond acceptors (Lipinski definition) is 10. The lowest BCUT2D eigenvalue weighted by atomic mass is 10.0. The van der Waals surface area contributed by atoms with Crippen LogP contribution in [0.4, 0.5) is 16.2 Å². The number of benzene rings is 1. The van der Waals surface area contributed by atoms with Gasteiger partial charge in [0.1, 0.15) is 23.7 Å². The van der Waals surface area contributed by atoms with Gasteiger partial charge in [0, 0.05) is 58.0 Å². The van der Waals surface area contributed by atoms with E-state index in [1.165, 1.54) is 4.90 Å². The first-order valence-corrected chi connectivity index (χ1v) is 20.2. The average Bonchev–Trinajstić information content (AvgIpc) is 3.88. The quantitative estimate of drug-likeness (QED) is 0.0240. The monoisotopic (exact) mass is 811 g/mol. The Balaban J connectivity index is 0.00000222. The number of rotatable bonds is 20. The number of hydrogen-bond donors (Lipinski definition) is 4. The van der Waals surface area contributed by atoms with Crippen LogP contribution in [0.15, 0.2) is 72.8 Å². The third-order valence-electron chi connectivity index (χ3n) is 9.87. The van der Waals surface area contributed by atoms with Crippen molar-refractivity contribution in [3.05, 3.63) is 78.9 Å². The van der Waals surface area contributed by atoms with Gasteiger partial charge in [0.15, 0.2) is 0 Å². The van der Waals surface area contributed by atoms with Crippen LogP contribution in [0.1, 0.15) is 107 Å². The smallest absolute Gasteiger partial charge is 0.407 e. The maximum absolute atomic E-state index is 13.2. The Morgan fingerprint density at radius 2 is 1.81 bits per heavy atom. The zero-order valence-electron chi connectivity index (χ0n) is 35.0. The maximum Gasteiger partial charge on any atom is 0.407 e. The van der Waals surface area contributed by atoms with Gasteiger partial charge in [-0.05, 0) is 95.1 Å². The third-order valence-corrected chi connectivity index (χ3v) is 9.87. The Morgan fingerprint density at radius 1 is 1.07 bits per heavy atom. The SMILES string of the molecule is C=CC=C.C=NN/C(=C\CC1CCC(OC(=O)NC(C)C)C1)NC(=O)c1ccnn1CCCCCCCC#Cc1ccc(N(C)C2CCC(=O)NC2=O)c(N(C)C=O)c1. The zero-order valence-corrected chi connectivity index (χ0v) is 35.0. The molecule has 0 spiro atoms. The third kappa shape index (κ3) is 15.9. The summed E-state index contributed by atoms with van der Waals surface area (Å²) in [6.45, 7) is 14.6. The molecule has 0 radical (unpaired) electrons. The van der Waals surface area contributed by atoms with Gasteiger partial charge in [0.25, 0.3) is 5.91 Å². The van der Waals surface area contributed by atoms with Gasteiger partial charge in [-0.25, -0.2) is 4.79 Å². The number of amides is 5. The standard InChI is InChI=1S/C40H55N9O6.C4H6/c1-28(2)43-40(54)55-31-17-14-30(25-31)16-20-36(46-41-3)44-39(53)34-22-23-42-49(34)24-12-10-8-6-7-9-11-13-29-15-18-32(35(26-29)47(4)27-50)48(5)33-19-21-37(51)45-38(33)52;1-3-4-2/h15,18,20,22-23,26-28,30-31,33,46H,3,6-10,12,14,16-17,19,21,24-25H2,1-2,4-5H3,(H,43,54)(H,44,53)(H,45,51,52);3-4H,1-2H2/b36-20-;. The number of anilines is 2. The molecule has 1 aliphatic carbocycles. The van der Waals surface area contributed by atoms with E-state index in [2.05, 4.69) is 63.3 Å². The molecule has 0 bridgehead atoms. The van der Waals surface area contributed by atoms with E-state index in [1.54, 1.807) is 48.1 Å². The van der Waals surface area contributed by atoms with Crippen molar-refractivity contribution in [1.82, 2.24) is 31.2 Å². The molecule has 318 valence electrons. The summed E-state index contributed by atoms with van der Waals surface area (Å²) in [7, 11) is 3.44. The van der Waals surface area contributed by atoms with Crippen molar-refractivity contribution < 1.29 is 28.7 Å². The molecular weight excluding hydrogens is 751 g/mol. The van der Waals surface area contributed by atoms with Crippen molar-refractivity contribution in [1.29, 1.82) is 0 Å². The van der Waals surface area contributed by atoms with Gasteiger partial charge in [-0.3, -0.25) is 34.6 Å². The highest BCUT2D eigenvalue weighted by Crippen LogP contribution is 2.32. The summed E-state index contributed by atoms with van der Waals surface area (Å²) < 4.78 is 7.25. The molecular formula is C44H61N9O6. The van der Waals surface area contributed by atoms with Gasteiger partial charge in [-0.1, -0.05) is 56.4 Å². The van der Waals surface area contributed by atoms with Gasteiger partial charge < -0.3 is 25.2 Å². The Labute approximate surface area is 348 Å². The molecule has 1 aliphatic heterocycles. The number of carbonyl (C=O) groups is 5. The molecule has 5 amide bonds. The summed E-state index contributed by atoms with van der Waals surface area (Å²) in [6, 6.07) is 6.77. The summed E-state index contributed by atoms with van der Waals surface area (Å²) in [5, 5.41) is 16.1. The molecule has 4 N–H and O–H groups in total. The van der Waals surface area contributed by atoms with E-state index >= 15 is 0 Å². The molecule has 59 heavy (non-hydrogen) atoms. The van der Waals surface area contributed by atoms with E-state index in [9.17, 15) is 24.0 Å². The number of nitrogens with one attached hydrogen (secondary N) is 4. The van der Waals surface area contributed by atoms with E-state index < -0.39 is 6.04 Å². The van der Waals surface area contributed by atoms with Crippen LogP contribution < -0.4 is 31.2 Å². The van der Waals surface area contributed by atoms with Crippen LogP contribution in [0.5, 0.6) is 0 Å². The van der Waals surface area contributed by atoms with Crippen LogP contribution in [0.3, 0.4) is 0 Å². The lowest BCUT2D eigenvalue weighted by molar-refractivity contribution is -0.134. The van der Waals surface area contributed by atoms with E-state index in [-0.39, 0.29) is 42.4 Å². The second-order valence-electron chi connectivity index (χ2n) is 14.8. The molecule has 2 aromatic rings. The molecule has 2 heterocycles. The van der Waals surface area contributed by atoms with E-state index in [0.29, 0.717) is 54.6 Å². The zero-order chi connectivity index (χ0) is 43.2. The summed E-state index contributed by atoms with van der Waals surface area (Å²) in [4.78, 5) is 64.1. The Bertz CT molecular complexity index is 1850. The van der Waals surface area contributed by atoms with Crippen molar-refractivity contribution in [3.63, 3.8) is 0 Å². The van der Waals surface area contributed by atoms with Crippen molar-refractivity contribution >= 4 is 48.3 Å². The maximum atomic E-state index is 13.2. The first-order valence-electron chi connectivity index (χ1n) is 20.2. The summed E-state index contributed by atoms with van der Waals surface area (Å²) in [6.07, 6.45) is 16.4. The predicted molar refractivity (Wildman–Crippen MR) is 231 cm³/mol. The van der Waals surface area contributed by atoms with Crippen molar-refractivity contribution in [2.24, 2.45) is 11.0 Å². The fourth-order valence-corrected chi connectivity index (χ4v) is 6.78. The second kappa shape index (κ2) is 25.2. The minimum Gasteiger partial charge on any atom is -0.446 e. The topological polar surface area (TPSA) is 179 Å². The number of allylic oxidation sites excluding steroid dienone is 3. The number of carbonyl (C=O) groups excluding carboxylic acids is 5. The fourth-order valence-electron chi connectivity index (χ4n) is 6.78. The summed E-state index contributed by atoms with van der Waals surface area (Å²) >= 11 is 0. The predicted octanol–water partition coefficient (Wildman–Crippen LogP) is 5.94. The summed E-state index contributed by atoms with van der Waals surface area (Å²) in [5.74, 6) is 6.28. The fraction of sp³-hybridized carbons (Fsp3) is 0.477. The molecule has 1 aromatic carbocycles. The molecule has 3 unspecified atom stereocenters. The van der Waals surface area contributed by atoms with Crippen LogP contribution >= 0.6 is 0 Å². The van der Waals surface area contributed by atoms with Gasteiger partial charge in [0.05, 0.1) is 11.4 Å². The molecule has 1 saturated heterocycles. The molecule has 1 saturated carbocycles. The van der Waals surface area contributed by atoms with Crippen LogP contribution in [0.25, 0.3) is 0 Å². The van der Waals surface area contributed by atoms with Crippen LogP contribution in [0.2, 0.25) is 0 Å². The number of ether oxygens (including phenoxy) is 1. The molecule has 3 atom stereocenters. The van der Waals surface area contributed by atoms with Crippen LogP contribution in [-0.4, -0.2) is 79.0 Å². The Morgan fingerprint density at radius 3 is 2.51 bits per heavy atom. The molecule has 4 rings (SSSR count). The van der Waals surface area contributed by atoms with E-state index in [1.807, 2.05) is 38.1 Å². The average molecular weight is 812 g/mol. The number of aromatic nitrogens is 2. The number of unbranched alkanes of at least 4 members (excludes halogenated alkanes) is 5. The molecule has 1 aromatic heterocycles. The van der Waals surface area contributed by atoms with Gasteiger partial charge in [-0.15, -0.1) is 0 Å². The number of imide groups is 1. The minimum atomic E-state index is -0.510. The lowest BCUT2D eigenvalue weighted by Crippen LogP contribution is -2.51. The molecule has 15 heteroatoms. The largest absolute Gasteiger partial charge is 0.446 e. The Kier molecular flexibility index (Phi) is 20.2. The number of aryl methyl sites for hydroxylation is 1. The highest BCUT2D eigenvalue weighted by atomic mass is 16.6. The number of nitrogens with zero attached hydrogens (tertiary/aromatic N) is 5. The normalized spacial score (nSPS) is 17.2. The van der Waals surface area contributed by atoms with Gasteiger partial charge in [0.2, 0.25) is 18.2 Å². The van der Waals surface area contributed by atoms with E-state index in [4.69, 9.17) is 4.74 Å². The van der Waals surface area contributed by atoms with Gasteiger partial charge >= 0.3 is 6.09 Å². The van der Waals surface area contributed by atoms with E-state index in [0.717, 1.165) is 63.4 Å². The van der Waals surface area contributed by atoms with Crippen molar-refractivity contribution in [2.45, 2.75) is 116 Å². The van der Waals surface area contributed by atoms with Crippen molar-refractivity contribution in [2.75, 3.05) is 23.9 Å². The second-order valence-corrected chi connectivity index (χ2v) is 14.8. The molecule has 15 nitrogen and oxygen atoms in total. The lowest BCUT2D eigenvalue weighted by Gasteiger charge is -2.33. The van der Waals surface area contributed by atoms with Crippen LogP contribution in [-0.2, 0) is 25.7 Å². The summed E-state index contributed by atoms with van der Waals surface area (Å²) in [5.41, 5.74) is 5.33. The number of alkyl carbamates (subject to hydrolysis) is 1. The van der Waals surface area contributed by atoms with Gasteiger partial charge in [-0.2, -0.15) is 10.2 Å². The molecule has 2 fully saturated rings. The first-order chi connectivity index (χ1) is 28.4. The first kappa shape index (κ1) is 47.2. The number of piperidine rings is 1. The van der Waals surface area contributed by atoms with Crippen molar-refractivity contribution in [3.8, 4) is 11.8 Å². The number of hydrazone groups is 1. The number of likely N-dealkylation sites (N-methyl/N-ethyl adjacent to an activating group) is 1. The highest BCUT2D eigenvalue weighted by Gasteiger charge is 2.31. The highest BCUT2D eigenvalue weighted by molar-refractivity contribution is 6.02. The molecule has 2 aliphatic rings. The van der Waals surface area contributed by atoms with Crippen LogP contribution in [0, 0.1) is 17.8 Å². The Hall–Kier alpha value is -6.17.